The molecule has 5 heteroatoms. The van der Waals surface area contributed by atoms with Crippen molar-refractivity contribution in [2.75, 3.05) is 6.61 Å². The molecule has 0 aromatic heterocycles. The first-order valence-corrected chi connectivity index (χ1v) is 9.03. The SMILES string of the molecule is CCOC(CC(=O)O)c1ccc(Oc2cc(F)ccc2-c2ccccc2)cc1. The van der Waals surface area contributed by atoms with Gasteiger partial charge in [0.05, 0.1) is 12.5 Å². The number of benzene rings is 3. The van der Waals surface area contributed by atoms with Gasteiger partial charge < -0.3 is 14.6 Å². The predicted octanol–water partition coefficient (Wildman–Crippen LogP) is 5.84. The number of ether oxygens (including phenoxy) is 2. The Bertz CT molecular complexity index is 923. The minimum atomic E-state index is -0.925. The lowest BCUT2D eigenvalue weighted by atomic mass is 10.0. The number of carboxylic acids is 1. The Morgan fingerprint density at radius 2 is 1.75 bits per heavy atom. The number of aliphatic carboxylic acids is 1. The van der Waals surface area contributed by atoms with Gasteiger partial charge in [0.15, 0.2) is 0 Å². The third kappa shape index (κ3) is 4.96. The number of rotatable bonds is 8. The van der Waals surface area contributed by atoms with Gasteiger partial charge in [0, 0.05) is 18.2 Å². The zero-order valence-corrected chi connectivity index (χ0v) is 15.5. The van der Waals surface area contributed by atoms with E-state index >= 15 is 0 Å². The highest BCUT2D eigenvalue weighted by molar-refractivity contribution is 5.71. The molecule has 0 amide bonds. The molecule has 0 aliphatic rings. The summed E-state index contributed by atoms with van der Waals surface area (Å²) in [6.45, 7) is 2.24. The minimum Gasteiger partial charge on any atom is -0.481 e. The number of hydrogen-bond acceptors (Lipinski definition) is 3. The predicted molar refractivity (Wildman–Crippen MR) is 105 cm³/mol. The molecule has 3 aromatic rings. The lowest BCUT2D eigenvalue weighted by molar-refractivity contribution is -0.140. The largest absolute Gasteiger partial charge is 0.481 e. The third-order valence-corrected chi connectivity index (χ3v) is 4.24. The van der Waals surface area contributed by atoms with Crippen molar-refractivity contribution in [3.63, 3.8) is 0 Å². The average molecular weight is 380 g/mol. The first kappa shape index (κ1) is 19.6. The van der Waals surface area contributed by atoms with Gasteiger partial charge in [0.1, 0.15) is 17.3 Å². The Morgan fingerprint density at radius 1 is 1.04 bits per heavy atom. The monoisotopic (exact) mass is 380 g/mol. The topological polar surface area (TPSA) is 55.8 Å². The maximum Gasteiger partial charge on any atom is 0.306 e. The summed E-state index contributed by atoms with van der Waals surface area (Å²) in [5, 5.41) is 9.05. The Kier molecular flexibility index (Phi) is 6.40. The molecule has 1 atom stereocenters. The lowest BCUT2D eigenvalue weighted by Gasteiger charge is -2.16. The van der Waals surface area contributed by atoms with Crippen molar-refractivity contribution in [2.45, 2.75) is 19.4 Å². The van der Waals surface area contributed by atoms with Gasteiger partial charge in [-0.2, -0.15) is 0 Å². The third-order valence-electron chi connectivity index (χ3n) is 4.24. The molecule has 28 heavy (non-hydrogen) atoms. The van der Waals surface area contributed by atoms with Gasteiger partial charge in [-0.15, -0.1) is 0 Å². The zero-order chi connectivity index (χ0) is 19.9. The summed E-state index contributed by atoms with van der Waals surface area (Å²) in [6, 6.07) is 21.0. The van der Waals surface area contributed by atoms with E-state index in [1.54, 1.807) is 30.3 Å². The van der Waals surface area contributed by atoms with Crippen LogP contribution in [0.2, 0.25) is 0 Å². The smallest absolute Gasteiger partial charge is 0.306 e. The molecule has 1 N–H and O–H groups in total. The van der Waals surface area contributed by atoms with Crippen molar-refractivity contribution in [3.05, 3.63) is 84.2 Å². The molecule has 0 saturated carbocycles. The fourth-order valence-electron chi connectivity index (χ4n) is 2.95. The Labute approximate surface area is 163 Å². The molecule has 0 bridgehead atoms. The molecule has 3 rings (SSSR count). The van der Waals surface area contributed by atoms with Gasteiger partial charge in [-0.1, -0.05) is 42.5 Å². The van der Waals surface area contributed by atoms with Crippen molar-refractivity contribution < 1.29 is 23.8 Å². The van der Waals surface area contributed by atoms with E-state index in [4.69, 9.17) is 14.6 Å². The summed E-state index contributed by atoms with van der Waals surface area (Å²) in [5.41, 5.74) is 2.45. The lowest BCUT2D eigenvalue weighted by Crippen LogP contribution is -2.10. The van der Waals surface area contributed by atoms with Crippen LogP contribution < -0.4 is 4.74 Å². The molecule has 1 unspecified atom stereocenters. The zero-order valence-electron chi connectivity index (χ0n) is 15.5. The first-order chi connectivity index (χ1) is 13.6. The maximum atomic E-state index is 13.8. The van der Waals surface area contributed by atoms with Crippen molar-refractivity contribution >= 4 is 5.97 Å². The van der Waals surface area contributed by atoms with E-state index in [1.807, 2.05) is 37.3 Å². The summed E-state index contributed by atoms with van der Waals surface area (Å²) in [6.07, 6.45) is -0.638. The van der Waals surface area contributed by atoms with Crippen molar-refractivity contribution in [2.24, 2.45) is 0 Å². The van der Waals surface area contributed by atoms with E-state index < -0.39 is 12.1 Å². The second kappa shape index (κ2) is 9.15. The van der Waals surface area contributed by atoms with E-state index in [1.165, 1.54) is 12.1 Å². The second-order valence-electron chi connectivity index (χ2n) is 6.22. The van der Waals surface area contributed by atoms with Crippen LogP contribution in [0.15, 0.2) is 72.8 Å². The number of carboxylic acid groups (broad SMARTS) is 1. The maximum absolute atomic E-state index is 13.8. The van der Waals surface area contributed by atoms with Gasteiger partial charge in [-0.3, -0.25) is 4.79 Å². The minimum absolute atomic E-state index is 0.115. The van der Waals surface area contributed by atoms with E-state index in [0.29, 0.717) is 18.1 Å². The second-order valence-corrected chi connectivity index (χ2v) is 6.22. The summed E-state index contributed by atoms with van der Waals surface area (Å²) < 4.78 is 25.2. The van der Waals surface area contributed by atoms with Crippen LogP contribution in [-0.4, -0.2) is 17.7 Å². The molecule has 0 aliphatic carbocycles. The molecular formula is C23H21FO4. The normalized spacial score (nSPS) is 11.8. The van der Waals surface area contributed by atoms with Crippen molar-refractivity contribution in [1.29, 1.82) is 0 Å². The van der Waals surface area contributed by atoms with Gasteiger partial charge in [-0.05, 0) is 42.3 Å². The van der Waals surface area contributed by atoms with Gasteiger partial charge in [0.25, 0.3) is 0 Å². The van der Waals surface area contributed by atoms with Gasteiger partial charge >= 0.3 is 5.97 Å². The molecule has 144 valence electrons. The van der Waals surface area contributed by atoms with Crippen molar-refractivity contribution in [3.8, 4) is 22.6 Å². The average Bonchev–Trinajstić information content (AvgIpc) is 2.69. The van der Waals surface area contributed by atoms with E-state index in [-0.39, 0.29) is 12.2 Å². The van der Waals surface area contributed by atoms with Crippen LogP contribution >= 0.6 is 0 Å². The van der Waals surface area contributed by atoms with E-state index in [9.17, 15) is 9.18 Å². The summed E-state index contributed by atoms with van der Waals surface area (Å²) in [5.74, 6) is -0.377. The van der Waals surface area contributed by atoms with Crippen LogP contribution in [0.25, 0.3) is 11.1 Å². The summed E-state index contributed by atoms with van der Waals surface area (Å²) in [7, 11) is 0. The van der Waals surface area contributed by atoms with Crippen LogP contribution in [0.4, 0.5) is 4.39 Å². The van der Waals surface area contributed by atoms with Crippen LogP contribution in [0.5, 0.6) is 11.5 Å². The molecule has 0 saturated heterocycles. The highest BCUT2D eigenvalue weighted by Gasteiger charge is 2.16. The van der Waals surface area contributed by atoms with Crippen LogP contribution in [0, 0.1) is 5.82 Å². The molecule has 0 heterocycles. The molecule has 0 fully saturated rings. The Hall–Kier alpha value is -3.18. The Morgan fingerprint density at radius 3 is 2.39 bits per heavy atom. The highest BCUT2D eigenvalue weighted by atomic mass is 19.1. The van der Waals surface area contributed by atoms with Gasteiger partial charge in [0.2, 0.25) is 0 Å². The number of hydrogen-bond donors (Lipinski definition) is 1. The quantitative estimate of drug-likeness (QED) is 0.534. The van der Waals surface area contributed by atoms with E-state index in [0.717, 1.165) is 16.7 Å². The molecule has 0 aliphatic heterocycles. The van der Waals surface area contributed by atoms with Crippen LogP contribution in [-0.2, 0) is 9.53 Å². The number of halogens is 1. The summed E-state index contributed by atoms with van der Waals surface area (Å²) in [4.78, 5) is 11.0. The Balaban J connectivity index is 1.84. The van der Waals surface area contributed by atoms with Crippen molar-refractivity contribution in [1.82, 2.24) is 0 Å². The van der Waals surface area contributed by atoms with Gasteiger partial charge in [-0.25, -0.2) is 4.39 Å². The first-order valence-electron chi connectivity index (χ1n) is 9.03. The fourth-order valence-corrected chi connectivity index (χ4v) is 2.95. The highest BCUT2D eigenvalue weighted by Crippen LogP contribution is 2.34. The summed E-state index contributed by atoms with van der Waals surface area (Å²) >= 11 is 0. The molecule has 3 aromatic carbocycles. The molecular weight excluding hydrogens is 359 g/mol. The van der Waals surface area contributed by atoms with Crippen LogP contribution in [0.1, 0.15) is 25.0 Å². The molecule has 4 nitrogen and oxygen atoms in total. The van der Waals surface area contributed by atoms with Crippen LogP contribution in [0.3, 0.4) is 0 Å². The number of carbonyl (C=O) groups is 1. The fraction of sp³-hybridized carbons (Fsp3) is 0.174. The molecule has 0 spiro atoms. The molecule has 0 radical (unpaired) electrons. The van der Waals surface area contributed by atoms with E-state index in [2.05, 4.69) is 0 Å². The standard InChI is InChI=1S/C23H21FO4/c1-2-27-21(15-23(25)26)17-8-11-19(12-9-17)28-22-14-18(24)10-13-20(22)16-6-4-3-5-7-16/h3-14,21H,2,15H2,1H3,(H,25,26).